The minimum Gasteiger partial charge on any atom is -0.324 e. The quantitative estimate of drug-likeness (QED) is 0.767. The normalized spacial score (nSPS) is 26.1. The van der Waals surface area contributed by atoms with Crippen molar-refractivity contribution < 1.29 is 0 Å². The topological polar surface area (TPSA) is 50.9 Å². The van der Waals surface area contributed by atoms with Gasteiger partial charge in [-0.15, -0.1) is 11.3 Å². The second-order valence-corrected chi connectivity index (χ2v) is 5.40. The van der Waals surface area contributed by atoms with E-state index < -0.39 is 0 Å². The van der Waals surface area contributed by atoms with Gasteiger partial charge in [0.2, 0.25) is 0 Å². The maximum Gasteiger partial charge on any atom is 0.0965 e. The van der Waals surface area contributed by atoms with Gasteiger partial charge in [0.1, 0.15) is 0 Å². The molecule has 1 aromatic heterocycles. The second kappa shape index (κ2) is 5.57. The fraction of sp³-hybridized carbons (Fsp3) is 0.583. The molecule has 0 saturated carbocycles. The summed E-state index contributed by atoms with van der Waals surface area (Å²) in [5.41, 5.74) is 5.81. The van der Waals surface area contributed by atoms with Crippen molar-refractivity contribution in [2.45, 2.75) is 25.3 Å². The van der Waals surface area contributed by atoms with Crippen molar-refractivity contribution in [3.8, 4) is 0 Å². The van der Waals surface area contributed by atoms with E-state index in [9.17, 15) is 0 Å². The average Bonchev–Trinajstić information content (AvgIpc) is 2.89. The Labute approximate surface area is 101 Å². The molecule has 1 aromatic rings. The molecule has 1 aliphatic carbocycles. The van der Waals surface area contributed by atoms with Crippen molar-refractivity contribution in [1.29, 1.82) is 0 Å². The van der Waals surface area contributed by atoms with Crippen LogP contribution in [0, 0.1) is 5.92 Å². The summed E-state index contributed by atoms with van der Waals surface area (Å²) in [7, 11) is 0. The Morgan fingerprint density at radius 3 is 3.12 bits per heavy atom. The number of hydrogen-bond donors (Lipinski definition) is 2. The van der Waals surface area contributed by atoms with Crippen molar-refractivity contribution in [2.24, 2.45) is 11.7 Å². The van der Waals surface area contributed by atoms with E-state index in [2.05, 4.69) is 29.4 Å². The number of nitrogens with zero attached hydrogens (tertiary/aromatic N) is 1. The molecule has 0 aliphatic heterocycles. The van der Waals surface area contributed by atoms with Gasteiger partial charge in [0, 0.05) is 36.6 Å². The smallest absolute Gasteiger partial charge is 0.0965 e. The van der Waals surface area contributed by atoms with E-state index in [1.807, 2.05) is 11.6 Å². The minimum atomic E-state index is 0.267. The number of aromatic nitrogens is 1. The average molecular weight is 237 g/mol. The van der Waals surface area contributed by atoms with Gasteiger partial charge in [0.25, 0.3) is 0 Å². The first-order chi connectivity index (χ1) is 7.75. The SMILES string of the molecule is CC(CNCC1C=CC(N)C1)c1nccs1. The van der Waals surface area contributed by atoms with Crippen LogP contribution in [0.4, 0.5) is 0 Å². The number of hydrogen-bond acceptors (Lipinski definition) is 4. The van der Waals surface area contributed by atoms with Crippen LogP contribution in [0.15, 0.2) is 23.7 Å². The maximum atomic E-state index is 5.81. The molecule has 3 unspecified atom stereocenters. The monoisotopic (exact) mass is 237 g/mol. The van der Waals surface area contributed by atoms with E-state index in [0.29, 0.717) is 11.8 Å². The van der Waals surface area contributed by atoms with Crippen molar-refractivity contribution >= 4 is 11.3 Å². The molecule has 0 bridgehead atoms. The molecule has 3 atom stereocenters. The van der Waals surface area contributed by atoms with Crippen molar-refractivity contribution in [1.82, 2.24) is 10.3 Å². The first-order valence-electron chi connectivity index (χ1n) is 5.79. The summed E-state index contributed by atoms with van der Waals surface area (Å²) in [6.45, 7) is 4.23. The molecule has 88 valence electrons. The van der Waals surface area contributed by atoms with Gasteiger partial charge in [0.15, 0.2) is 0 Å². The first kappa shape index (κ1) is 11.8. The van der Waals surface area contributed by atoms with E-state index in [1.54, 1.807) is 11.3 Å². The Morgan fingerprint density at radius 2 is 2.50 bits per heavy atom. The molecule has 16 heavy (non-hydrogen) atoms. The van der Waals surface area contributed by atoms with Gasteiger partial charge in [-0.05, 0) is 12.3 Å². The summed E-state index contributed by atoms with van der Waals surface area (Å²) in [6.07, 6.45) is 7.29. The summed E-state index contributed by atoms with van der Waals surface area (Å²) in [5, 5.41) is 6.74. The Kier molecular flexibility index (Phi) is 4.09. The molecule has 0 spiro atoms. The van der Waals surface area contributed by atoms with Crippen LogP contribution in [0.5, 0.6) is 0 Å². The summed E-state index contributed by atoms with van der Waals surface area (Å²) in [4.78, 5) is 4.32. The third-order valence-electron chi connectivity index (χ3n) is 2.94. The fourth-order valence-corrected chi connectivity index (χ4v) is 2.71. The van der Waals surface area contributed by atoms with Crippen molar-refractivity contribution in [2.75, 3.05) is 13.1 Å². The first-order valence-corrected chi connectivity index (χ1v) is 6.67. The molecule has 0 aromatic carbocycles. The van der Waals surface area contributed by atoms with E-state index >= 15 is 0 Å². The molecule has 0 amide bonds. The lowest BCUT2D eigenvalue weighted by Gasteiger charge is -2.13. The summed E-state index contributed by atoms with van der Waals surface area (Å²) < 4.78 is 0. The van der Waals surface area contributed by atoms with Gasteiger partial charge in [0.05, 0.1) is 5.01 Å². The molecule has 2 rings (SSSR count). The van der Waals surface area contributed by atoms with E-state index in [0.717, 1.165) is 19.5 Å². The highest BCUT2D eigenvalue weighted by atomic mass is 32.1. The van der Waals surface area contributed by atoms with Crippen LogP contribution in [0.2, 0.25) is 0 Å². The third-order valence-corrected chi connectivity index (χ3v) is 3.94. The van der Waals surface area contributed by atoms with E-state index in [1.165, 1.54) is 5.01 Å². The lowest BCUT2D eigenvalue weighted by Crippen LogP contribution is -2.26. The van der Waals surface area contributed by atoms with Crippen molar-refractivity contribution in [3.05, 3.63) is 28.7 Å². The lowest BCUT2D eigenvalue weighted by atomic mass is 10.1. The molecule has 1 heterocycles. The minimum absolute atomic E-state index is 0.267. The summed E-state index contributed by atoms with van der Waals surface area (Å²) in [6, 6.07) is 0.267. The van der Waals surface area contributed by atoms with Crippen LogP contribution in [-0.4, -0.2) is 24.1 Å². The molecular formula is C12H19N3S. The van der Waals surface area contributed by atoms with Crippen LogP contribution < -0.4 is 11.1 Å². The van der Waals surface area contributed by atoms with Gasteiger partial charge < -0.3 is 11.1 Å². The highest BCUT2D eigenvalue weighted by Gasteiger charge is 2.15. The Hall–Kier alpha value is -0.710. The van der Waals surface area contributed by atoms with Gasteiger partial charge in [-0.2, -0.15) is 0 Å². The summed E-state index contributed by atoms with van der Waals surface area (Å²) >= 11 is 1.73. The third kappa shape index (κ3) is 3.14. The van der Waals surface area contributed by atoms with Crippen LogP contribution in [0.25, 0.3) is 0 Å². The molecule has 3 nitrogen and oxygen atoms in total. The predicted molar refractivity (Wildman–Crippen MR) is 68.6 cm³/mol. The zero-order valence-corrected chi connectivity index (χ0v) is 10.4. The Morgan fingerprint density at radius 1 is 1.62 bits per heavy atom. The van der Waals surface area contributed by atoms with E-state index in [4.69, 9.17) is 5.73 Å². The zero-order valence-electron chi connectivity index (χ0n) is 9.60. The molecule has 4 heteroatoms. The molecule has 0 saturated heterocycles. The highest BCUT2D eigenvalue weighted by molar-refractivity contribution is 7.09. The van der Waals surface area contributed by atoms with Gasteiger partial charge in [-0.1, -0.05) is 19.1 Å². The molecule has 3 N–H and O–H groups in total. The zero-order chi connectivity index (χ0) is 11.4. The van der Waals surface area contributed by atoms with E-state index in [-0.39, 0.29) is 6.04 Å². The standard InChI is InChI=1S/C12H19N3S/c1-9(12-15-4-5-16-12)7-14-8-10-2-3-11(13)6-10/h2-5,9-11,14H,6-8,13H2,1H3. The Balaban J connectivity index is 1.67. The molecular weight excluding hydrogens is 218 g/mol. The number of nitrogens with one attached hydrogen (secondary N) is 1. The number of thiazole rings is 1. The molecule has 0 fully saturated rings. The van der Waals surface area contributed by atoms with Crippen molar-refractivity contribution in [3.63, 3.8) is 0 Å². The maximum absolute atomic E-state index is 5.81. The number of nitrogens with two attached hydrogens (primary N) is 1. The summed E-state index contributed by atoms with van der Waals surface area (Å²) in [5.74, 6) is 1.11. The lowest BCUT2D eigenvalue weighted by molar-refractivity contribution is 0.511. The second-order valence-electron chi connectivity index (χ2n) is 4.47. The van der Waals surface area contributed by atoms with Crippen LogP contribution in [0.1, 0.15) is 24.3 Å². The van der Waals surface area contributed by atoms with Crippen LogP contribution in [-0.2, 0) is 0 Å². The van der Waals surface area contributed by atoms with Gasteiger partial charge in [-0.25, -0.2) is 4.98 Å². The van der Waals surface area contributed by atoms with Gasteiger partial charge in [-0.3, -0.25) is 0 Å². The largest absolute Gasteiger partial charge is 0.324 e. The molecule has 0 radical (unpaired) electrons. The van der Waals surface area contributed by atoms with Crippen LogP contribution in [0.3, 0.4) is 0 Å². The molecule has 1 aliphatic rings. The van der Waals surface area contributed by atoms with Crippen LogP contribution >= 0.6 is 11.3 Å². The fourth-order valence-electron chi connectivity index (χ4n) is 2.01. The highest BCUT2D eigenvalue weighted by Crippen LogP contribution is 2.18. The van der Waals surface area contributed by atoms with Gasteiger partial charge >= 0.3 is 0 Å². The Bertz CT molecular complexity index is 334. The predicted octanol–water partition coefficient (Wildman–Crippen LogP) is 1.74. The number of rotatable bonds is 5.